The molecule has 0 saturated carbocycles. The summed E-state index contributed by atoms with van der Waals surface area (Å²) in [5, 5.41) is 0. The second-order valence-corrected chi connectivity index (χ2v) is 4.29. The molecular formula is C3H7IS2. The van der Waals surface area contributed by atoms with E-state index in [1.807, 2.05) is 20.7 Å². The zero-order valence-corrected chi connectivity index (χ0v) is 7.40. The molecule has 3 heteroatoms. The van der Waals surface area contributed by atoms with E-state index in [4.69, 9.17) is 0 Å². The highest BCUT2D eigenvalue weighted by molar-refractivity contribution is 14.2. The third-order valence-electron chi connectivity index (χ3n) is 0.365. The molecule has 0 rings (SSSR count). The minimum Gasteiger partial charge on any atom is -0.165 e. The predicted octanol–water partition coefficient (Wildman–Crippen LogP) is 2.43. The van der Waals surface area contributed by atoms with Crippen molar-refractivity contribution in [3.63, 3.8) is 0 Å². The summed E-state index contributed by atoms with van der Waals surface area (Å²) < 4.78 is 0. The molecular weight excluding hydrogens is 227 g/mol. The highest BCUT2D eigenvalue weighted by atomic mass is 127. The number of halogens is 1. The van der Waals surface area contributed by atoms with E-state index in [0.29, 0.717) is 0 Å². The third kappa shape index (κ3) is 5.43. The highest BCUT2D eigenvalue weighted by Gasteiger charge is 1.77. The smallest absolute Gasteiger partial charge is 0.0124 e. The van der Waals surface area contributed by atoms with Crippen molar-refractivity contribution in [3.8, 4) is 0 Å². The second-order valence-electron chi connectivity index (χ2n) is 0.806. The summed E-state index contributed by atoms with van der Waals surface area (Å²) in [7, 11) is 1.88. The van der Waals surface area contributed by atoms with Gasteiger partial charge in [0.15, 0.2) is 0 Å². The van der Waals surface area contributed by atoms with Crippen LogP contribution in [0.5, 0.6) is 0 Å². The Morgan fingerprint density at radius 2 is 2.17 bits per heavy atom. The van der Waals surface area contributed by atoms with Crippen molar-refractivity contribution in [1.82, 2.24) is 0 Å². The maximum atomic E-state index is 2.31. The van der Waals surface area contributed by atoms with E-state index in [0.717, 1.165) is 0 Å². The van der Waals surface area contributed by atoms with E-state index < -0.39 is 0 Å². The van der Waals surface area contributed by atoms with Crippen molar-refractivity contribution in [2.75, 3.05) is 17.8 Å². The van der Waals surface area contributed by atoms with E-state index in [1.165, 1.54) is 11.5 Å². The summed E-state index contributed by atoms with van der Waals surface area (Å²) in [6.45, 7) is 0. The van der Waals surface area contributed by atoms with Crippen LogP contribution < -0.4 is 0 Å². The average molecular weight is 234 g/mol. The molecule has 6 heavy (non-hydrogen) atoms. The number of hydrogen-bond donors (Lipinski definition) is 0. The normalized spacial score (nSPS) is 9.00. The van der Waals surface area contributed by atoms with Crippen LogP contribution >= 0.6 is 41.9 Å². The van der Waals surface area contributed by atoms with Gasteiger partial charge in [0, 0.05) is 11.5 Å². The molecule has 0 nitrogen and oxygen atoms in total. The Kier molecular flexibility index (Phi) is 7.96. The summed E-state index contributed by atoms with van der Waals surface area (Å²) >= 11 is 4.21. The summed E-state index contributed by atoms with van der Waals surface area (Å²) in [6.07, 6.45) is 2.13. The molecule has 0 aromatic carbocycles. The van der Waals surface area contributed by atoms with Crippen LogP contribution in [0.3, 0.4) is 0 Å². The summed E-state index contributed by atoms with van der Waals surface area (Å²) in [6, 6.07) is 0. The standard InChI is InChI=1S/C3H7IS2/c1-5-2-3-6-4/h2-3H2,1H3. The lowest BCUT2D eigenvalue weighted by Crippen LogP contribution is -1.74. The zero-order chi connectivity index (χ0) is 4.83. The van der Waals surface area contributed by atoms with Gasteiger partial charge in [-0.2, -0.15) is 11.8 Å². The van der Waals surface area contributed by atoms with Crippen molar-refractivity contribution in [2.45, 2.75) is 0 Å². The first-order chi connectivity index (χ1) is 2.91. The monoisotopic (exact) mass is 234 g/mol. The highest BCUT2D eigenvalue weighted by Crippen LogP contribution is 2.11. The first-order valence-corrected chi connectivity index (χ1v) is 6.56. The molecule has 0 radical (unpaired) electrons. The predicted molar refractivity (Wildman–Crippen MR) is 44.9 cm³/mol. The molecule has 0 fully saturated rings. The molecule has 0 N–H and O–H groups in total. The Morgan fingerprint density at radius 1 is 1.50 bits per heavy atom. The topological polar surface area (TPSA) is 0 Å². The Morgan fingerprint density at radius 3 is 2.33 bits per heavy atom. The van der Waals surface area contributed by atoms with Gasteiger partial charge in [0.05, 0.1) is 0 Å². The summed E-state index contributed by atoms with van der Waals surface area (Å²) in [5.74, 6) is 2.56. The Labute approximate surface area is 59.4 Å². The molecule has 0 heterocycles. The van der Waals surface area contributed by atoms with Gasteiger partial charge in [-0.25, -0.2) is 0 Å². The Bertz CT molecular complexity index is 20.8. The number of thioether (sulfide) groups is 1. The van der Waals surface area contributed by atoms with Crippen LogP contribution in [0, 0.1) is 0 Å². The van der Waals surface area contributed by atoms with Crippen molar-refractivity contribution < 1.29 is 0 Å². The molecule has 0 aliphatic heterocycles. The first-order valence-electron chi connectivity index (χ1n) is 1.64. The van der Waals surface area contributed by atoms with E-state index in [1.54, 1.807) is 0 Å². The molecule has 0 atom stereocenters. The summed E-state index contributed by atoms with van der Waals surface area (Å²) in [4.78, 5) is 0. The number of hydrogen-bond acceptors (Lipinski definition) is 2. The fraction of sp³-hybridized carbons (Fsp3) is 1.00. The molecule has 0 aliphatic rings. The van der Waals surface area contributed by atoms with Crippen LogP contribution in [0.15, 0.2) is 0 Å². The van der Waals surface area contributed by atoms with Gasteiger partial charge in [0.2, 0.25) is 0 Å². The van der Waals surface area contributed by atoms with Gasteiger partial charge in [-0.3, -0.25) is 0 Å². The van der Waals surface area contributed by atoms with E-state index >= 15 is 0 Å². The maximum Gasteiger partial charge on any atom is 0.0124 e. The van der Waals surface area contributed by atoms with Gasteiger partial charge in [-0.1, -0.05) is 8.93 Å². The van der Waals surface area contributed by atoms with E-state index in [-0.39, 0.29) is 0 Å². The fourth-order valence-electron chi connectivity index (χ4n) is 0.115. The van der Waals surface area contributed by atoms with Gasteiger partial charge in [-0.15, -0.1) is 0 Å². The molecule has 0 aromatic rings. The van der Waals surface area contributed by atoms with Gasteiger partial charge in [0.1, 0.15) is 0 Å². The van der Waals surface area contributed by atoms with Crippen LogP contribution in [0.4, 0.5) is 0 Å². The lowest BCUT2D eigenvalue weighted by molar-refractivity contribution is 1.57. The minimum absolute atomic E-state index is 1.28. The summed E-state index contributed by atoms with van der Waals surface area (Å²) in [5.41, 5.74) is 0. The van der Waals surface area contributed by atoms with E-state index in [2.05, 4.69) is 27.5 Å². The van der Waals surface area contributed by atoms with Crippen molar-refractivity contribution >= 4 is 41.9 Å². The fourth-order valence-corrected chi connectivity index (χ4v) is 2.65. The van der Waals surface area contributed by atoms with Crippen molar-refractivity contribution in [3.05, 3.63) is 0 Å². The molecule has 0 saturated heterocycles. The maximum absolute atomic E-state index is 2.31. The lowest BCUT2D eigenvalue weighted by Gasteiger charge is -1.84. The van der Waals surface area contributed by atoms with Crippen molar-refractivity contribution in [2.24, 2.45) is 0 Å². The molecule has 0 bridgehead atoms. The molecule has 38 valence electrons. The first kappa shape index (κ1) is 7.43. The molecule has 0 aliphatic carbocycles. The Hall–Kier alpha value is 1.43. The van der Waals surface area contributed by atoms with Crippen molar-refractivity contribution in [1.29, 1.82) is 0 Å². The SMILES string of the molecule is CSCCSI. The van der Waals surface area contributed by atoms with Gasteiger partial charge in [0.25, 0.3) is 0 Å². The van der Waals surface area contributed by atoms with Crippen LogP contribution in [0.25, 0.3) is 0 Å². The quantitative estimate of drug-likeness (QED) is 0.543. The molecule has 0 unspecified atom stereocenters. The van der Waals surface area contributed by atoms with Gasteiger partial charge < -0.3 is 0 Å². The molecule has 0 aromatic heterocycles. The molecule has 0 spiro atoms. The lowest BCUT2D eigenvalue weighted by atomic mass is 11.0. The van der Waals surface area contributed by atoms with Crippen LogP contribution in [0.2, 0.25) is 0 Å². The largest absolute Gasteiger partial charge is 0.165 e. The van der Waals surface area contributed by atoms with E-state index in [9.17, 15) is 0 Å². The third-order valence-corrected chi connectivity index (χ3v) is 2.92. The average Bonchev–Trinajstić information content (AvgIpc) is 1.61. The Balaban J connectivity index is 2.34. The van der Waals surface area contributed by atoms with Crippen LogP contribution in [-0.2, 0) is 0 Å². The molecule has 0 amide bonds. The van der Waals surface area contributed by atoms with Gasteiger partial charge >= 0.3 is 0 Å². The van der Waals surface area contributed by atoms with Crippen LogP contribution in [0.1, 0.15) is 0 Å². The number of rotatable bonds is 3. The second kappa shape index (κ2) is 6.43. The van der Waals surface area contributed by atoms with Gasteiger partial charge in [-0.05, 0) is 27.5 Å². The van der Waals surface area contributed by atoms with Crippen LogP contribution in [-0.4, -0.2) is 17.8 Å². The minimum atomic E-state index is 1.28. The zero-order valence-electron chi connectivity index (χ0n) is 3.61.